The largest absolute Gasteiger partial charge is 0.508 e. The highest BCUT2D eigenvalue weighted by molar-refractivity contribution is 5.92. The molecule has 0 fully saturated rings. The molecule has 4 nitrogen and oxygen atoms in total. The van der Waals surface area contributed by atoms with E-state index in [1.165, 1.54) is 45.6 Å². The molecule has 1 aliphatic carbocycles. The molecule has 0 saturated heterocycles. The Bertz CT molecular complexity index is 1370. The average molecular weight is 659 g/mol. The average Bonchev–Trinajstić information content (AvgIpc) is 3.01. The fraction of sp³-hybridized carbons (Fsp3) is 0.523. The minimum atomic E-state index is -0.501. The Morgan fingerprint density at radius 2 is 1.10 bits per heavy atom. The molecule has 0 saturated carbocycles. The lowest BCUT2D eigenvalue weighted by molar-refractivity contribution is -0.121. The number of benzene rings is 1. The summed E-state index contributed by atoms with van der Waals surface area (Å²) in [5.74, 6) is 0.546. The second kappa shape index (κ2) is 23.1. The molecule has 3 N–H and O–H groups in total. The normalized spacial score (nSPS) is 18.7. The summed E-state index contributed by atoms with van der Waals surface area (Å²) in [5, 5.41) is 29.8. The third kappa shape index (κ3) is 17.7. The Morgan fingerprint density at radius 1 is 0.667 bits per heavy atom. The Balaban J connectivity index is 0.000000480. The fourth-order valence-electron chi connectivity index (χ4n) is 5.62. The first kappa shape index (κ1) is 42.7. The van der Waals surface area contributed by atoms with Gasteiger partial charge in [-0.25, -0.2) is 0 Å². The van der Waals surface area contributed by atoms with E-state index in [2.05, 4.69) is 91.8 Å². The number of ketones is 1. The standard InChI is InChI=1S/C22H34O2.C22H32O2/c2*1-16(2)8-6-9-17(3)10-7-11-18(4)12-13-20-19(5)21(23)14-15-22(20)24/h8,10,12,14-15,19-20,22,24H,6-7,9,11,13H2,1-5H3;8,10,12,14-15,23-24H,6-7,9,11,13H2,1-5H3/b2*17-10+,18-12+. The predicted molar refractivity (Wildman–Crippen MR) is 206 cm³/mol. The molecule has 3 atom stereocenters. The molecule has 48 heavy (non-hydrogen) atoms. The molecule has 0 radical (unpaired) electrons. The van der Waals surface area contributed by atoms with Gasteiger partial charge in [0.2, 0.25) is 0 Å². The highest BCUT2D eigenvalue weighted by atomic mass is 16.3. The van der Waals surface area contributed by atoms with Crippen LogP contribution < -0.4 is 0 Å². The highest BCUT2D eigenvalue weighted by Gasteiger charge is 2.30. The summed E-state index contributed by atoms with van der Waals surface area (Å²) in [5.41, 5.74) is 9.88. The maximum absolute atomic E-state index is 11.7. The van der Waals surface area contributed by atoms with Gasteiger partial charge in [0.25, 0.3) is 0 Å². The smallest absolute Gasteiger partial charge is 0.158 e. The number of aromatic hydroxyl groups is 2. The van der Waals surface area contributed by atoms with E-state index in [4.69, 9.17) is 0 Å². The lowest BCUT2D eigenvalue weighted by Gasteiger charge is -2.27. The van der Waals surface area contributed by atoms with Crippen molar-refractivity contribution in [2.45, 2.75) is 140 Å². The molecule has 0 aromatic heterocycles. The van der Waals surface area contributed by atoms with Gasteiger partial charge in [-0.2, -0.15) is 0 Å². The molecule has 2 rings (SSSR count). The van der Waals surface area contributed by atoms with Crippen molar-refractivity contribution in [2.75, 3.05) is 0 Å². The number of hydrogen-bond donors (Lipinski definition) is 3. The van der Waals surface area contributed by atoms with Gasteiger partial charge in [0.05, 0.1) is 6.10 Å². The fourth-order valence-corrected chi connectivity index (χ4v) is 5.62. The van der Waals surface area contributed by atoms with Crippen LogP contribution >= 0.6 is 0 Å². The molecular formula is C44H66O4. The molecule has 4 heteroatoms. The summed E-state index contributed by atoms with van der Waals surface area (Å²) >= 11 is 0. The van der Waals surface area contributed by atoms with Crippen LogP contribution in [0.5, 0.6) is 11.5 Å². The van der Waals surface area contributed by atoms with Gasteiger partial charge in [0, 0.05) is 17.4 Å². The van der Waals surface area contributed by atoms with Crippen LogP contribution in [0.25, 0.3) is 0 Å². The monoisotopic (exact) mass is 658 g/mol. The van der Waals surface area contributed by atoms with E-state index < -0.39 is 6.10 Å². The van der Waals surface area contributed by atoms with Crippen molar-refractivity contribution in [1.82, 2.24) is 0 Å². The zero-order valence-corrected chi connectivity index (χ0v) is 31.8. The van der Waals surface area contributed by atoms with Crippen molar-refractivity contribution in [3.63, 3.8) is 0 Å². The van der Waals surface area contributed by atoms with Crippen molar-refractivity contribution < 1.29 is 20.1 Å². The Hall–Kier alpha value is -3.37. The second-order valence-corrected chi connectivity index (χ2v) is 14.3. The second-order valence-electron chi connectivity index (χ2n) is 14.3. The van der Waals surface area contributed by atoms with E-state index >= 15 is 0 Å². The number of aliphatic hydroxyl groups is 1. The maximum atomic E-state index is 11.7. The van der Waals surface area contributed by atoms with Crippen LogP contribution in [0.1, 0.15) is 131 Å². The first-order valence-electron chi connectivity index (χ1n) is 17.9. The molecule has 0 heterocycles. The third-order valence-electron chi connectivity index (χ3n) is 9.17. The molecule has 0 amide bonds. The topological polar surface area (TPSA) is 77.8 Å². The zero-order chi connectivity index (χ0) is 36.2. The Morgan fingerprint density at radius 3 is 1.60 bits per heavy atom. The van der Waals surface area contributed by atoms with Crippen molar-refractivity contribution in [2.24, 2.45) is 11.8 Å². The molecule has 1 aliphatic rings. The van der Waals surface area contributed by atoms with Gasteiger partial charge >= 0.3 is 0 Å². The summed E-state index contributed by atoms with van der Waals surface area (Å²) in [7, 11) is 0. The van der Waals surface area contributed by atoms with Crippen LogP contribution in [0, 0.1) is 18.8 Å². The summed E-state index contributed by atoms with van der Waals surface area (Å²) in [6.07, 6.45) is 26.3. The van der Waals surface area contributed by atoms with Crippen LogP contribution in [-0.4, -0.2) is 27.2 Å². The number of carbonyl (C=O) groups excluding carboxylic acids is 1. The minimum Gasteiger partial charge on any atom is -0.508 e. The molecule has 3 unspecified atom stereocenters. The van der Waals surface area contributed by atoms with Gasteiger partial charge in [-0.1, -0.05) is 82.9 Å². The van der Waals surface area contributed by atoms with E-state index in [0.717, 1.165) is 68.9 Å². The van der Waals surface area contributed by atoms with Crippen LogP contribution in [0.15, 0.2) is 94.2 Å². The van der Waals surface area contributed by atoms with E-state index in [1.54, 1.807) is 12.1 Å². The first-order valence-corrected chi connectivity index (χ1v) is 17.9. The molecule has 0 bridgehead atoms. The summed E-state index contributed by atoms with van der Waals surface area (Å²) < 4.78 is 0. The Labute approximate surface area is 293 Å². The number of allylic oxidation sites excluding steroid dienone is 13. The molecule has 1 aromatic carbocycles. The molecule has 0 aliphatic heterocycles. The van der Waals surface area contributed by atoms with Gasteiger partial charge in [0.1, 0.15) is 11.5 Å². The summed E-state index contributed by atoms with van der Waals surface area (Å²) in [6, 6.07) is 3.09. The summed E-state index contributed by atoms with van der Waals surface area (Å²) in [4.78, 5) is 11.7. The first-order chi connectivity index (χ1) is 22.6. The van der Waals surface area contributed by atoms with Crippen LogP contribution in [0.2, 0.25) is 0 Å². The molecular weight excluding hydrogens is 592 g/mol. The van der Waals surface area contributed by atoms with Crippen molar-refractivity contribution in [3.05, 3.63) is 105 Å². The summed E-state index contributed by atoms with van der Waals surface area (Å²) in [6.45, 7) is 21.0. The number of rotatable bonds is 16. The van der Waals surface area contributed by atoms with Crippen molar-refractivity contribution in [1.29, 1.82) is 0 Å². The van der Waals surface area contributed by atoms with Gasteiger partial charge in [0.15, 0.2) is 5.78 Å². The van der Waals surface area contributed by atoms with E-state index in [0.29, 0.717) is 6.42 Å². The maximum Gasteiger partial charge on any atom is 0.158 e. The van der Waals surface area contributed by atoms with E-state index in [1.807, 2.05) is 13.8 Å². The number of carbonyl (C=O) groups is 1. The van der Waals surface area contributed by atoms with Gasteiger partial charge in [-0.3, -0.25) is 4.79 Å². The van der Waals surface area contributed by atoms with Gasteiger partial charge in [-0.05, 0) is 150 Å². The quantitative estimate of drug-likeness (QED) is 0.122. The lowest BCUT2D eigenvalue weighted by atomic mass is 9.79. The SMILES string of the molecule is CC(C)=CCC/C(C)=C/CC/C(C)=C/CC1C(O)C=CC(=O)C1C.CC(C)=CCC/C(C)=C/CC/C(C)=C/Cc1c(O)ccc(O)c1C. The van der Waals surface area contributed by atoms with E-state index in [-0.39, 0.29) is 29.1 Å². The number of phenols is 2. The van der Waals surface area contributed by atoms with Gasteiger partial charge in [-0.15, -0.1) is 0 Å². The number of phenolic OH excluding ortho intramolecular Hbond substituents is 2. The number of aliphatic hydroxyl groups excluding tert-OH is 1. The Kier molecular flexibility index (Phi) is 20.5. The highest BCUT2D eigenvalue weighted by Crippen LogP contribution is 2.29. The minimum absolute atomic E-state index is 0.0128. The molecule has 1 aromatic rings. The molecule has 266 valence electrons. The van der Waals surface area contributed by atoms with E-state index in [9.17, 15) is 20.1 Å². The van der Waals surface area contributed by atoms with Crippen LogP contribution in [-0.2, 0) is 11.2 Å². The number of hydrogen-bond acceptors (Lipinski definition) is 4. The lowest BCUT2D eigenvalue weighted by Crippen LogP contribution is -2.32. The van der Waals surface area contributed by atoms with Crippen molar-refractivity contribution in [3.8, 4) is 11.5 Å². The predicted octanol–water partition coefficient (Wildman–Crippen LogP) is 11.9. The molecule has 0 spiro atoms. The zero-order valence-electron chi connectivity index (χ0n) is 31.8. The van der Waals surface area contributed by atoms with Crippen molar-refractivity contribution >= 4 is 5.78 Å². The van der Waals surface area contributed by atoms with Crippen LogP contribution in [0.3, 0.4) is 0 Å². The van der Waals surface area contributed by atoms with Gasteiger partial charge < -0.3 is 15.3 Å². The van der Waals surface area contributed by atoms with Crippen LogP contribution in [0.4, 0.5) is 0 Å². The third-order valence-corrected chi connectivity index (χ3v) is 9.17.